The van der Waals surface area contributed by atoms with E-state index >= 15 is 0 Å². The summed E-state index contributed by atoms with van der Waals surface area (Å²) in [7, 11) is 0. The molecular weight excluding hydrogens is 353 g/mol. The van der Waals surface area contributed by atoms with Gasteiger partial charge in [-0.25, -0.2) is 9.18 Å². The average Bonchev–Trinajstić information content (AvgIpc) is 3.41. The third kappa shape index (κ3) is 2.75. The number of nitrogens with zero attached hydrogens (tertiary/aromatic N) is 3. The van der Waals surface area contributed by atoms with Crippen LogP contribution in [0.3, 0.4) is 0 Å². The Labute approximate surface area is 154 Å². The highest BCUT2D eigenvalue weighted by Crippen LogP contribution is 2.39. The van der Waals surface area contributed by atoms with Gasteiger partial charge in [-0.1, -0.05) is 0 Å². The number of halogens is 1. The molecule has 3 aliphatic rings. The number of aromatic nitrogens is 1. The summed E-state index contributed by atoms with van der Waals surface area (Å²) < 4.78 is 21.5. The molecule has 1 aliphatic carbocycles. The van der Waals surface area contributed by atoms with Crippen LogP contribution in [-0.2, 0) is 0 Å². The molecule has 2 atom stereocenters. The van der Waals surface area contributed by atoms with Gasteiger partial charge >= 0.3 is 6.16 Å². The zero-order valence-electron chi connectivity index (χ0n) is 14.7. The summed E-state index contributed by atoms with van der Waals surface area (Å²) in [5.74, 6) is -0.728. The number of fused-ring (bicyclic) bond motifs is 3. The quantitative estimate of drug-likeness (QED) is 0.833. The SMILES string of the molecule is O=C(O)Oc1cn(C2CC2)c2cc(N3CCN4CCC3C4)c(F)cc2c1=O. The summed E-state index contributed by atoms with van der Waals surface area (Å²) in [6.07, 6.45) is 2.80. The molecule has 5 rings (SSSR count). The van der Waals surface area contributed by atoms with E-state index in [2.05, 4.69) is 14.5 Å². The molecule has 3 heterocycles. The molecule has 1 N–H and O–H groups in total. The summed E-state index contributed by atoms with van der Waals surface area (Å²) in [5, 5.41) is 9.04. The monoisotopic (exact) mass is 373 g/mol. The Morgan fingerprint density at radius 1 is 1.15 bits per heavy atom. The van der Waals surface area contributed by atoms with Crippen LogP contribution in [-0.4, -0.2) is 52.9 Å². The van der Waals surface area contributed by atoms with Gasteiger partial charge in [-0.2, -0.15) is 0 Å². The van der Waals surface area contributed by atoms with E-state index in [0.29, 0.717) is 17.2 Å². The number of ether oxygens (including phenoxy) is 1. The lowest BCUT2D eigenvalue weighted by Gasteiger charge is -2.36. The Hall–Kier alpha value is -2.61. The van der Waals surface area contributed by atoms with E-state index < -0.39 is 17.4 Å². The minimum atomic E-state index is -1.55. The fourth-order valence-electron chi connectivity index (χ4n) is 4.39. The second-order valence-corrected chi connectivity index (χ2v) is 7.59. The number of hydrogen-bond acceptors (Lipinski definition) is 5. The van der Waals surface area contributed by atoms with E-state index in [9.17, 15) is 14.0 Å². The molecule has 1 aromatic heterocycles. The number of carboxylic acid groups (broad SMARTS) is 1. The number of piperazine rings is 1. The third-order valence-corrected chi connectivity index (χ3v) is 5.86. The van der Waals surface area contributed by atoms with Gasteiger partial charge in [0.2, 0.25) is 5.43 Å². The maximum absolute atomic E-state index is 15.0. The maximum Gasteiger partial charge on any atom is 0.511 e. The highest BCUT2D eigenvalue weighted by molar-refractivity contribution is 5.85. The van der Waals surface area contributed by atoms with E-state index in [1.807, 2.05) is 4.57 Å². The molecule has 3 fully saturated rings. The van der Waals surface area contributed by atoms with Crippen LogP contribution < -0.4 is 15.1 Å². The van der Waals surface area contributed by atoms with Gasteiger partial charge in [0.1, 0.15) is 5.82 Å². The third-order valence-electron chi connectivity index (χ3n) is 5.86. The van der Waals surface area contributed by atoms with Crippen molar-refractivity contribution in [1.82, 2.24) is 9.47 Å². The first kappa shape index (κ1) is 16.6. The fraction of sp³-hybridized carbons (Fsp3) is 0.474. The van der Waals surface area contributed by atoms with Crippen molar-refractivity contribution in [2.75, 3.05) is 31.1 Å². The summed E-state index contributed by atoms with van der Waals surface area (Å²) in [5.41, 5.74) is 0.562. The summed E-state index contributed by atoms with van der Waals surface area (Å²) in [6, 6.07) is 3.47. The van der Waals surface area contributed by atoms with Gasteiger partial charge in [-0.3, -0.25) is 9.69 Å². The van der Waals surface area contributed by atoms with E-state index in [1.54, 1.807) is 6.07 Å². The van der Waals surface area contributed by atoms with Crippen molar-refractivity contribution in [2.24, 2.45) is 0 Å². The highest BCUT2D eigenvalue weighted by Gasteiger charge is 2.34. The van der Waals surface area contributed by atoms with Crippen LogP contribution in [0.15, 0.2) is 23.1 Å². The number of rotatable bonds is 3. The minimum absolute atomic E-state index is 0.159. The second kappa shape index (κ2) is 5.95. The number of pyridine rings is 1. The molecule has 2 bridgehead atoms. The van der Waals surface area contributed by atoms with Gasteiger partial charge in [-0.05, 0) is 31.4 Å². The van der Waals surface area contributed by atoms with Gasteiger partial charge in [0.15, 0.2) is 5.75 Å². The topological polar surface area (TPSA) is 75.0 Å². The largest absolute Gasteiger partial charge is 0.511 e. The first-order valence-corrected chi connectivity index (χ1v) is 9.29. The molecule has 0 radical (unpaired) electrons. The van der Waals surface area contributed by atoms with Crippen molar-refractivity contribution in [3.8, 4) is 5.75 Å². The molecule has 7 nitrogen and oxygen atoms in total. The predicted molar refractivity (Wildman–Crippen MR) is 97.3 cm³/mol. The average molecular weight is 373 g/mol. The summed E-state index contributed by atoms with van der Waals surface area (Å²) >= 11 is 0. The molecular formula is C19H20FN3O4. The van der Waals surface area contributed by atoms with Crippen LogP contribution in [0.4, 0.5) is 14.9 Å². The van der Waals surface area contributed by atoms with Crippen LogP contribution in [0.2, 0.25) is 0 Å². The molecule has 142 valence electrons. The second-order valence-electron chi connectivity index (χ2n) is 7.59. The molecule has 0 spiro atoms. The first-order chi connectivity index (χ1) is 13.0. The lowest BCUT2D eigenvalue weighted by atomic mass is 10.1. The van der Waals surface area contributed by atoms with Gasteiger partial charge in [0.25, 0.3) is 0 Å². The van der Waals surface area contributed by atoms with Crippen molar-refractivity contribution < 1.29 is 19.0 Å². The fourth-order valence-corrected chi connectivity index (χ4v) is 4.39. The van der Waals surface area contributed by atoms with Crippen LogP contribution in [0, 0.1) is 5.82 Å². The number of benzene rings is 1. The van der Waals surface area contributed by atoms with Crippen LogP contribution in [0.1, 0.15) is 25.3 Å². The Morgan fingerprint density at radius 2 is 1.96 bits per heavy atom. The molecule has 2 aromatic rings. The van der Waals surface area contributed by atoms with Gasteiger partial charge < -0.3 is 19.3 Å². The molecule has 1 saturated carbocycles. The number of carbonyl (C=O) groups is 1. The summed E-state index contributed by atoms with van der Waals surface area (Å²) in [4.78, 5) is 28.0. The van der Waals surface area contributed by atoms with E-state index in [-0.39, 0.29) is 17.2 Å². The van der Waals surface area contributed by atoms with Gasteiger partial charge in [-0.15, -0.1) is 0 Å². The molecule has 1 aromatic carbocycles. The molecule has 2 aliphatic heterocycles. The van der Waals surface area contributed by atoms with Gasteiger partial charge in [0.05, 0.1) is 22.8 Å². The number of anilines is 1. The maximum atomic E-state index is 15.0. The van der Waals surface area contributed by atoms with Crippen molar-refractivity contribution >= 4 is 22.7 Å². The first-order valence-electron chi connectivity index (χ1n) is 9.29. The van der Waals surface area contributed by atoms with Gasteiger partial charge in [0, 0.05) is 38.3 Å². The van der Waals surface area contributed by atoms with Crippen LogP contribution in [0.5, 0.6) is 5.75 Å². The van der Waals surface area contributed by atoms with Crippen LogP contribution >= 0.6 is 0 Å². The summed E-state index contributed by atoms with van der Waals surface area (Å²) in [6.45, 7) is 3.66. The number of hydrogen-bond donors (Lipinski definition) is 1. The molecule has 27 heavy (non-hydrogen) atoms. The lowest BCUT2D eigenvalue weighted by Crippen LogP contribution is -2.47. The standard InChI is InChI=1S/C19H20FN3O4/c20-14-7-13-15(8-16(14)22-6-5-21-4-3-12(22)9-21)23(11-1-2-11)10-17(18(13)24)27-19(25)26/h7-8,10-12H,1-6,9H2,(H,25,26). The Bertz CT molecular complexity index is 1000. The van der Waals surface area contributed by atoms with Crippen LogP contribution in [0.25, 0.3) is 10.9 Å². The van der Waals surface area contributed by atoms with E-state index in [1.165, 1.54) is 12.3 Å². The van der Waals surface area contributed by atoms with E-state index in [0.717, 1.165) is 45.4 Å². The molecule has 0 amide bonds. The Morgan fingerprint density at radius 3 is 2.70 bits per heavy atom. The normalized spacial score (nSPS) is 24.4. The molecule has 8 heteroatoms. The zero-order chi connectivity index (χ0) is 18.7. The smallest absolute Gasteiger partial charge is 0.449 e. The van der Waals surface area contributed by atoms with Crippen molar-refractivity contribution in [2.45, 2.75) is 31.3 Å². The predicted octanol–water partition coefficient (Wildman–Crippen LogP) is 2.43. The van der Waals surface area contributed by atoms with Crippen molar-refractivity contribution in [1.29, 1.82) is 0 Å². The molecule has 2 unspecified atom stereocenters. The molecule has 2 saturated heterocycles. The Kier molecular flexibility index (Phi) is 3.65. The minimum Gasteiger partial charge on any atom is -0.449 e. The van der Waals surface area contributed by atoms with Crippen molar-refractivity contribution in [3.63, 3.8) is 0 Å². The highest BCUT2D eigenvalue weighted by atomic mass is 19.1. The zero-order valence-corrected chi connectivity index (χ0v) is 14.7. The van der Waals surface area contributed by atoms with E-state index in [4.69, 9.17) is 5.11 Å². The lowest BCUT2D eigenvalue weighted by molar-refractivity contribution is 0.143. The van der Waals surface area contributed by atoms with Crippen molar-refractivity contribution in [3.05, 3.63) is 34.4 Å². The Balaban J connectivity index is 1.67.